The van der Waals surface area contributed by atoms with E-state index in [1.165, 1.54) is 11.0 Å². The maximum absolute atomic E-state index is 12.6. The fourth-order valence-electron chi connectivity index (χ4n) is 2.58. The molecule has 0 unspecified atom stereocenters. The van der Waals surface area contributed by atoms with Gasteiger partial charge in [0.1, 0.15) is 17.8 Å². The van der Waals surface area contributed by atoms with E-state index in [1.54, 1.807) is 38.5 Å². The fraction of sp³-hybridized carbons (Fsp3) is 0.222. The Bertz CT molecular complexity index is 878. The number of amides is 1. The summed E-state index contributed by atoms with van der Waals surface area (Å²) in [5.41, 5.74) is 2.15. The minimum atomic E-state index is -0.258. The lowest BCUT2D eigenvalue weighted by atomic mass is 10.1. The lowest BCUT2D eigenvalue weighted by Crippen LogP contribution is -2.27. The van der Waals surface area contributed by atoms with Crippen LogP contribution >= 0.6 is 0 Å². The van der Waals surface area contributed by atoms with Crippen molar-refractivity contribution in [3.8, 4) is 17.2 Å². The van der Waals surface area contributed by atoms with Crippen molar-refractivity contribution in [3.05, 3.63) is 59.9 Å². The zero-order valence-electron chi connectivity index (χ0n) is 14.7. The molecule has 1 amide bonds. The first-order valence-electron chi connectivity index (χ1n) is 7.98. The van der Waals surface area contributed by atoms with Crippen LogP contribution < -0.4 is 14.8 Å². The van der Waals surface area contributed by atoms with Gasteiger partial charge in [0.2, 0.25) is 0 Å². The van der Waals surface area contributed by atoms with E-state index in [4.69, 9.17) is 9.47 Å². The van der Waals surface area contributed by atoms with E-state index in [0.29, 0.717) is 17.1 Å². The topological polar surface area (TPSA) is 91.2 Å². The van der Waals surface area contributed by atoms with Crippen LogP contribution in [0.4, 0.5) is 0 Å². The monoisotopic (exact) mass is 353 g/mol. The Hall–Kier alpha value is -3.42. The maximum Gasteiger partial charge on any atom is 0.251 e. The predicted octanol–water partition coefficient (Wildman–Crippen LogP) is 2.17. The number of methoxy groups -OCH3 is 2. The minimum Gasteiger partial charge on any atom is -0.497 e. The lowest BCUT2D eigenvalue weighted by molar-refractivity contribution is 0.0939. The largest absolute Gasteiger partial charge is 0.497 e. The van der Waals surface area contributed by atoms with Gasteiger partial charge in [0.15, 0.2) is 0 Å². The Kier molecular flexibility index (Phi) is 5.12. The summed E-state index contributed by atoms with van der Waals surface area (Å²) in [6, 6.07) is 12.2. The molecule has 0 radical (unpaired) electrons. The van der Waals surface area contributed by atoms with Crippen LogP contribution in [0.2, 0.25) is 0 Å². The van der Waals surface area contributed by atoms with Crippen LogP contribution in [0.1, 0.15) is 28.9 Å². The summed E-state index contributed by atoms with van der Waals surface area (Å²) >= 11 is 0. The third kappa shape index (κ3) is 3.64. The van der Waals surface area contributed by atoms with Crippen LogP contribution in [-0.4, -0.2) is 40.3 Å². The van der Waals surface area contributed by atoms with E-state index in [2.05, 4.69) is 20.8 Å². The molecule has 1 N–H and O–H groups in total. The van der Waals surface area contributed by atoms with Gasteiger partial charge in [0.25, 0.3) is 5.91 Å². The Morgan fingerprint density at radius 3 is 2.50 bits per heavy atom. The van der Waals surface area contributed by atoms with Crippen LogP contribution in [0.5, 0.6) is 11.5 Å². The van der Waals surface area contributed by atoms with Crippen LogP contribution in [0, 0.1) is 0 Å². The average molecular weight is 353 g/mol. The Labute approximate surface area is 150 Å². The summed E-state index contributed by atoms with van der Waals surface area (Å²) in [7, 11) is 3.19. The van der Waals surface area contributed by atoms with Gasteiger partial charge in [-0.05, 0) is 59.8 Å². The number of aromatic nitrogens is 4. The summed E-state index contributed by atoms with van der Waals surface area (Å²) in [6.45, 7) is 1.89. The van der Waals surface area contributed by atoms with E-state index in [0.717, 1.165) is 11.3 Å². The molecule has 0 bridgehead atoms. The highest BCUT2D eigenvalue weighted by atomic mass is 16.5. The van der Waals surface area contributed by atoms with Crippen molar-refractivity contribution >= 4 is 5.91 Å². The van der Waals surface area contributed by atoms with Crippen molar-refractivity contribution in [2.75, 3.05) is 14.2 Å². The molecule has 0 aliphatic carbocycles. The van der Waals surface area contributed by atoms with Gasteiger partial charge in [-0.25, -0.2) is 4.68 Å². The Morgan fingerprint density at radius 2 is 1.88 bits per heavy atom. The van der Waals surface area contributed by atoms with Gasteiger partial charge < -0.3 is 14.8 Å². The highest BCUT2D eigenvalue weighted by Crippen LogP contribution is 2.29. The number of rotatable bonds is 6. The zero-order valence-corrected chi connectivity index (χ0v) is 14.7. The molecule has 0 aliphatic heterocycles. The summed E-state index contributed by atoms with van der Waals surface area (Å²) < 4.78 is 12.2. The highest BCUT2D eigenvalue weighted by molar-refractivity contribution is 5.94. The normalized spacial score (nSPS) is 11.7. The molecule has 1 aromatic heterocycles. The molecule has 0 saturated heterocycles. The molecular formula is C18H19N5O3. The third-order valence-corrected chi connectivity index (χ3v) is 3.99. The van der Waals surface area contributed by atoms with E-state index in [1.807, 2.05) is 25.1 Å². The second-order valence-corrected chi connectivity index (χ2v) is 5.60. The molecule has 8 heteroatoms. The van der Waals surface area contributed by atoms with E-state index in [9.17, 15) is 4.79 Å². The molecule has 134 valence electrons. The molecule has 8 nitrogen and oxygen atoms in total. The predicted molar refractivity (Wildman–Crippen MR) is 94.6 cm³/mol. The van der Waals surface area contributed by atoms with Crippen molar-refractivity contribution in [1.82, 2.24) is 25.5 Å². The van der Waals surface area contributed by atoms with Crippen molar-refractivity contribution in [2.45, 2.75) is 13.0 Å². The second-order valence-electron chi connectivity index (χ2n) is 5.60. The first kappa shape index (κ1) is 17.4. The van der Waals surface area contributed by atoms with Gasteiger partial charge in [0.05, 0.1) is 25.9 Å². The smallest absolute Gasteiger partial charge is 0.251 e. The molecule has 2 aromatic carbocycles. The summed E-state index contributed by atoms with van der Waals surface area (Å²) in [6.07, 6.45) is 1.49. The van der Waals surface area contributed by atoms with E-state index < -0.39 is 0 Å². The third-order valence-electron chi connectivity index (χ3n) is 3.99. The molecular weight excluding hydrogens is 334 g/mol. The first-order valence-corrected chi connectivity index (χ1v) is 7.98. The van der Waals surface area contributed by atoms with E-state index >= 15 is 0 Å². The van der Waals surface area contributed by atoms with Gasteiger partial charge in [-0.2, -0.15) is 0 Å². The van der Waals surface area contributed by atoms with Crippen LogP contribution in [0.15, 0.2) is 48.8 Å². The number of hydrogen-bond acceptors (Lipinski definition) is 6. The molecule has 3 aromatic rings. The number of nitrogens with one attached hydrogen (secondary N) is 1. The standard InChI is InChI=1S/C18H19N5O3/c1-12(16-10-15(25-2)8-9-17(16)26-3)20-18(24)13-4-6-14(7-5-13)23-11-19-21-22-23/h4-12H,1-3H3,(H,20,24)/t12-/m0/s1. The Morgan fingerprint density at radius 1 is 1.12 bits per heavy atom. The fourth-order valence-corrected chi connectivity index (χ4v) is 2.58. The zero-order chi connectivity index (χ0) is 18.5. The first-order chi connectivity index (χ1) is 12.6. The highest BCUT2D eigenvalue weighted by Gasteiger charge is 2.16. The maximum atomic E-state index is 12.6. The number of benzene rings is 2. The van der Waals surface area contributed by atoms with Crippen LogP contribution in [0.25, 0.3) is 5.69 Å². The quantitative estimate of drug-likeness (QED) is 0.730. The SMILES string of the molecule is COc1ccc(OC)c([C@H](C)NC(=O)c2ccc(-n3cnnn3)cc2)c1. The molecule has 0 fully saturated rings. The molecule has 1 heterocycles. The molecule has 0 saturated carbocycles. The Balaban J connectivity index is 1.75. The number of carbonyl (C=O) groups excluding carboxylic acids is 1. The van der Waals surface area contributed by atoms with Gasteiger partial charge in [-0.1, -0.05) is 0 Å². The van der Waals surface area contributed by atoms with Crippen LogP contribution in [0.3, 0.4) is 0 Å². The van der Waals surface area contributed by atoms with Crippen molar-refractivity contribution < 1.29 is 14.3 Å². The average Bonchev–Trinajstić information content (AvgIpc) is 3.22. The summed E-state index contributed by atoms with van der Waals surface area (Å²) in [5, 5.41) is 14.0. The van der Waals surface area contributed by atoms with Gasteiger partial charge in [0, 0.05) is 11.1 Å². The van der Waals surface area contributed by atoms with Crippen LogP contribution in [-0.2, 0) is 0 Å². The number of nitrogens with zero attached hydrogens (tertiary/aromatic N) is 4. The molecule has 26 heavy (non-hydrogen) atoms. The number of hydrogen-bond donors (Lipinski definition) is 1. The molecule has 3 rings (SSSR count). The summed E-state index contributed by atoms with van der Waals surface area (Å²) in [5.74, 6) is 1.20. The lowest BCUT2D eigenvalue weighted by Gasteiger charge is -2.18. The molecule has 0 spiro atoms. The second kappa shape index (κ2) is 7.64. The van der Waals surface area contributed by atoms with Crippen molar-refractivity contribution in [2.24, 2.45) is 0 Å². The van der Waals surface area contributed by atoms with E-state index in [-0.39, 0.29) is 11.9 Å². The number of ether oxygens (including phenoxy) is 2. The van der Waals surface area contributed by atoms with Crippen molar-refractivity contribution in [1.29, 1.82) is 0 Å². The van der Waals surface area contributed by atoms with Gasteiger partial charge >= 0.3 is 0 Å². The molecule has 1 atom stereocenters. The van der Waals surface area contributed by atoms with Gasteiger partial charge in [-0.3, -0.25) is 4.79 Å². The number of carbonyl (C=O) groups is 1. The molecule has 0 aliphatic rings. The van der Waals surface area contributed by atoms with Crippen molar-refractivity contribution in [3.63, 3.8) is 0 Å². The number of tetrazole rings is 1. The summed E-state index contributed by atoms with van der Waals surface area (Å²) in [4.78, 5) is 12.6. The van der Waals surface area contributed by atoms with Gasteiger partial charge in [-0.15, -0.1) is 5.10 Å². The minimum absolute atomic E-state index is 0.189.